The molecule has 22 heavy (non-hydrogen) atoms. The van der Waals surface area contributed by atoms with Gasteiger partial charge in [0, 0.05) is 11.6 Å². The summed E-state index contributed by atoms with van der Waals surface area (Å²) in [5.74, 6) is -0.360. The third-order valence-corrected chi connectivity index (χ3v) is 3.18. The van der Waals surface area contributed by atoms with Crippen LogP contribution in [0.1, 0.15) is 44.9 Å². The van der Waals surface area contributed by atoms with E-state index in [-0.39, 0.29) is 11.9 Å². The number of benzene rings is 1. The number of ether oxygens (including phenoxy) is 1. The van der Waals surface area contributed by atoms with Crippen LogP contribution in [0.15, 0.2) is 24.4 Å². The van der Waals surface area contributed by atoms with E-state index in [1.54, 1.807) is 33.0 Å². The predicted molar refractivity (Wildman–Crippen MR) is 84.2 cm³/mol. The summed E-state index contributed by atoms with van der Waals surface area (Å²) >= 11 is 0. The van der Waals surface area contributed by atoms with Crippen molar-refractivity contribution in [3.63, 3.8) is 0 Å². The Labute approximate surface area is 129 Å². The van der Waals surface area contributed by atoms with Crippen molar-refractivity contribution in [3.05, 3.63) is 41.3 Å². The molecule has 1 aromatic heterocycles. The fourth-order valence-corrected chi connectivity index (χ4v) is 2.31. The molecule has 118 valence electrons. The Kier molecular flexibility index (Phi) is 4.35. The predicted octanol–water partition coefficient (Wildman–Crippen LogP) is 4.27. The van der Waals surface area contributed by atoms with Gasteiger partial charge in [-0.25, -0.2) is 9.18 Å². The molecule has 2 rings (SSSR count). The molecular formula is C17H21FN2O2. The lowest BCUT2D eigenvalue weighted by atomic mass is 10.0. The number of halogens is 1. The monoisotopic (exact) mass is 304 g/mol. The van der Waals surface area contributed by atoms with E-state index in [4.69, 9.17) is 4.74 Å². The first-order chi connectivity index (χ1) is 10.2. The number of carbonyl (C=O) groups excluding carboxylic acids is 1. The molecule has 0 radical (unpaired) electrons. The molecule has 1 amide bonds. The van der Waals surface area contributed by atoms with Gasteiger partial charge >= 0.3 is 6.09 Å². The zero-order valence-electron chi connectivity index (χ0n) is 13.5. The van der Waals surface area contributed by atoms with Gasteiger partial charge in [-0.15, -0.1) is 0 Å². The van der Waals surface area contributed by atoms with Crippen LogP contribution in [0.5, 0.6) is 0 Å². The van der Waals surface area contributed by atoms with Gasteiger partial charge in [0.25, 0.3) is 0 Å². The van der Waals surface area contributed by atoms with Crippen LogP contribution < -0.4 is 5.32 Å². The molecule has 0 fully saturated rings. The number of fused-ring (bicyclic) bond motifs is 1. The normalized spacial score (nSPS) is 13.0. The van der Waals surface area contributed by atoms with Gasteiger partial charge in [-0.2, -0.15) is 0 Å². The zero-order chi connectivity index (χ0) is 16.5. The number of nitrogens with zero attached hydrogens (tertiary/aromatic N) is 1. The van der Waals surface area contributed by atoms with Crippen molar-refractivity contribution in [2.24, 2.45) is 0 Å². The molecule has 5 heteroatoms. The van der Waals surface area contributed by atoms with E-state index >= 15 is 0 Å². The summed E-state index contributed by atoms with van der Waals surface area (Å²) < 4.78 is 19.3. The minimum Gasteiger partial charge on any atom is -0.444 e. The molecule has 0 saturated carbocycles. The molecule has 0 aliphatic rings. The first kappa shape index (κ1) is 16.2. The van der Waals surface area contributed by atoms with Crippen LogP contribution >= 0.6 is 0 Å². The number of pyridine rings is 1. The van der Waals surface area contributed by atoms with E-state index in [9.17, 15) is 9.18 Å². The first-order valence-electron chi connectivity index (χ1n) is 7.21. The number of carbonyl (C=O) groups is 1. The number of alkyl carbamates (subject to hydrolysis) is 1. The lowest BCUT2D eigenvalue weighted by Crippen LogP contribution is -2.34. The standard InChI is InChI=1S/C17H21FN2O2/c1-10-8-13-12(6-7-19-15(13)14(18)9-10)11(2)20-16(21)22-17(3,4)5/h6-9,11H,1-5H3,(H,20,21). The van der Waals surface area contributed by atoms with Gasteiger partial charge in [-0.3, -0.25) is 4.98 Å². The van der Waals surface area contributed by atoms with E-state index < -0.39 is 11.7 Å². The van der Waals surface area contributed by atoms with Crippen LogP contribution in [-0.2, 0) is 4.74 Å². The maximum atomic E-state index is 14.0. The van der Waals surface area contributed by atoms with Gasteiger partial charge in [-0.05, 0) is 63.9 Å². The number of rotatable bonds is 2. The molecule has 1 unspecified atom stereocenters. The van der Waals surface area contributed by atoms with Crippen LogP contribution in [-0.4, -0.2) is 16.7 Å². The van der Waals surface area contributed by atoms with E-state index in [1.165, 1.54) is 6.07 Å². The van der Waals surface area contributed by atoms with Gasteiger partial charge < -0.3 is 10.1 Å². The van der Waals surface area contributed by atoms with E-state index in [0.29, 0.717) is 10.9 Å². The molecule has 0 aliphatic carbocycles. The van der Waals surface area contributed by atoms with Crippen molar-refractivity contribution in [2.45, 2.75) is 46.3 Å². The molecule has 0 aliphatic heterocycles. The maximum absolute atomic E-state index is 14.0. The van der Waals surface area contributed by atoms with Gasteiger partial charge in [-0.1, -0.05) is 0 Å². The van der Waals surface area contributed by atoms with Crippen molar-refractivity contribution >= 4 is 17.0 Å². The van der Waals surface area contributed by atoms with E-state index in [2.05, 4.69) is 10.3 Å². The van der Waals surface area contributed by atoms with Crippen LogP contribution in [0.4, 0.5) is 9.18 Å². The Bertz CT molecular complexity index is 708. The van der Waals surface area contributed by atoms with Crippen LogP contribution in [0.3, 0.4) is 0 Å². The molecule has 2 aromatic rings. The Morgan fingerprint density at radius 3 is 2.68 bits per heavy atom. The van der Waals surface area contributed by atoms with Crippen molar-refractivity contribution in [1.82, 2.24) is 10.3 Å². The lowest BCUT2D eigenvalue weighted by Gasteiger charge is -2.22. The second-order valence-corrected chi connectivity index (χ2v) is 6.41. The number of amides is 1. The van der Waals surface area contributed by atoms with E-state index in [0.717, 1.165) is 11.1 Å². The summed E-state index contributed by atoms with van der Waals surface area (Å²) in [4.78, 5) is 16.0. The largest absolute Gasteiger partial charge is 0.444 e. The number of aryl methyl sites for hydroxylation is 1. The second kappa shape index (κ2) is 5.91. The van der Waals surface area contributed by atoms with E-state index in [1.807, 2.05) is 19.9 Å². The van der Waals surface area contributed by atoms with Crippen molar-refractivity contribution < 1.29 is 13.9 Å². The average Bonchev–Trinajstić information content (AvgIpc) is 2.35. The molecule has 4 nitrogen and oxygen atoms in total. The fraction of sp³-hybridized carbons (Fsp3) is 0.412. The molecule has 0 saturated heterocycles. The Morgan fingerprint density at radius 1 is 1.36 bits per heavy atom. The zero-order valence-corrected chi connectivity index (χ0v) is 13.5. The highest BCUT2D eigenvalue weighted by Gasteiger charge is 2.19. The summed E-state index contributed by atoms with van der Waals surface area (Å²) in [5, 5.41) is 3.47. The number of hydrogen-bond donors (Lipinski definition) is 1. The second-order valence-electron chi connectivity index (χ2n) is 6.41. The molecule has 1 N–H and O–H groups in total. The molecule has 0 spiro atoms. The third-order valence-electron chi connectivity index (χ3n) is 3.18. The average molecular weight is 304 g/mol. The van der Waals surface area contributed by atoms with Gasteiger partial charge in [0.2, 0.25) is 0 Å². The SMILES string of the molecule is Cc1cc(F)c2nccc(C(C)NC(=O)OC(C)(C)C)c2c1. The van der Waals surface area contributed by atoms with Crippen LogP contribution in [0.25, 0.3) is 10.9 Å². The maximum Gasteiger partial charge on any atom is 0.408 e. The minimum absolute atomic E-state index is 0.306. The smallest absolute Gasteiger partial charge is 0.408 e. The number of hydrogen-bond acceptors (Lipinski definition) is 3. The molecular weight excluding hydrogens is 283 g/mol. The Balaban J connectivity index is 2.32. The van der Waals surface area contributed by atoms with Crippen molar-refractivity contribution in [3.8, 4) is 0 Å². The number of aromatic nitrogens is 1. The van der Waals surface area contributed by atoms with Gasteiger partial charge in [0.15, 0.2) is 0 Å². The van der Waals surface area contributed by atoms with Gasteiger partial charge in [0.05, 0.1) is 6.04 Å². The minimum atomic E-state index is -0.563. The third kappa shape index (κ3) is 3.72. The molecule has 1 atom stereocenters. The quantitative estimate of drug-likeness (QED) is 0.901. The highest BCUT2D eigenvalue weighted by atomic mass is 19.1. The molecule has 0 bridgehead atoms. The summed E-state index contributed by atoms with van der Waals surface area (Å²) in [7, 11) is 0. The highest BCUT2D eigenvalue weighted by Crippen LogP contribution is 2.26. The van der Waals surface area contributed by atoms with Crippen LogP contribution in [0.2, 0.25) is 0 Å². The fourth-order valence-electron chi connectivity index (χ4n) is 2.31. The van der Waals surface area contributed by atoms with Crippen molar-refractivity contribution in [1.29, 1.82) is 0 Å². The summed E-state index contributed by atoms with van der Waals surface area (Å²) in [6.07, 6.45) is 1.04. The lowest BCUT2D eigenvalue weighted by molar-refractivity contribution is 0.0508. The summed E-state index contributed by atoms with van der Waals surface area (Å²) in [5.41, 5.74) is 1.36. The Morgan fingerprint density at radius 2 is 2.05 bits per heavy atom. The number of nitrogens with one attached hydrogen (secondary N) is 1. The molecule has 1 heterocycles. The van der Waals surface area contributed by atoms with Gasteiger partial charge in [0.1, 0.15) is 16.9 Å². The van der Waals surface area contributed by atoms with Crippen molar-refractivity contribution in [2.75, 3.05) is 0 Å². The summed E-state index contributed by atoms with van der Waals surface area (Å²) in [6, 6.07) is 4.78. The Hall–Kier alpha value is -2.17. The topological polar surface area (TPSA) is 51.2 Å². The summed E-state index contributed by atoms with van der Waals surface area (Å²) in [6.45, 7) is 9.07. The molecule has 1 aromatic carbocycles. The van der Waals surface area contributed by atoms with Crippen LogP contribution in [0, 0.1) is 12.7 Å². The highest BCUT2D eigenvalue weighted by molar-refractivity contribution is 5.84. The first-order valence-corrected chi connectivity index (χ1v) is 7.21.